The summed E-state index contributed by atoms with van der Waals surface area (Å²) in [6.45, 7) is 4.22. The minimum atomic E-state index is 0.122. The highest BCUT2D eigenvalue weighted by molar-refractivity contribution is 9.10. The van der Waals surface area contributed by atoms with E-state index in [-0.39, 0.29) is 12.1 Å². The van der Waals surface area contributed by atoms with E-state index in [1.807, 2.05) is 11.3 Å². The third-order valence-electron chi connectivity index (χ3n) is 3.94. The van der Waals surface area contributed by atoms with E-state index in [4.69, 9.17) is 5.73 Å². The van der Waals surface area contributed by atoms with Gasteiger partial charge in [-0.1, -0.05) is 28.1 Å². The number of thiophene rings is 1. The second-order valence-corrected chi connectivity index (χ2v) is 7.36. The average molecular weight is 351 g/mol. The van der Waals surface area contributed by atoms with Crippen LogP contribution in [-0.2, 0) is 13.0 Å². The SMILES string of the molecule is CC(N)C(c1ccc(Br)cc1)N1CCc2sccc2C1. The summed E-state index contributed by atoms with van der Waals surface area (Å²) in [5.74, 6) is 0. The lowest BCUT2D eigenvalue weighted by Crippen LogP contribution is -2.41. The zero-order valence-corrected chi connectivity index (χ0v) is 14.0. The first-order valence-corrected chi connectivity index (χ1v) is 8.63. The van der Waals surface area contributed by atoms with Crippen molar-refractivity contribution < 1.29 is 0 Å². The molecular formula is C16H19BrN2S. The van der Waals surface area contributed by atoms with Crippen LogP contribution in [0.4, 0.5) is 0 Å². The second kappa shape index (κ2) is 5.98. The lowest BCUT2D eigenvalue weighted by atomic mass is 9.96. The molecule has 0 aliphatic carbocycles. The normalized spacial score (nSPS) is 18.6. The van der Waals surface area contributed by atoms with E-state index < -0.39 is 0 Å². The Labute approximate surface area is 132 Å². The van der Waals surface area contributed by atoms with Crippen molar-refractivity contribution in [3.63, 3.8) is 0 Å². The maximum absolute atomic E-state index is 6.28. The monoisotopic (exact) mass is 350 g/mol. The van der Waals surface area contributed by atoms with Crippen molar-refractivity contribution in [3.8, 4) is 0 Å². The predicted molar refractivity (Wildman–Crippen MR) is 89.0 cm³/mol. The van der Waals surface area contributed by atoms with Gasteiger partial charge in [-0.3, -0.25) is 4.90 Å². The molecule has 1 aromatic carbocycles. The van der Waals surface area contributed by atoms with Gasteiger partial charge in [0.05, 0.1) is 0 Å². The number of hydrogen-bond acceptors (Lipinski definition) is 3. The molecule has 0 saturated carbocycles. The van der Waals surface area contributed by atoms with Crippen molar-refractivity contribution in [3.05, 3.63) is 56.2 Å². The van der Waals surface area contributed by atoms with Crippen LogP contribution in [0.5, 0.6) is 0 Å². The number of rotatable bonds is 3. The predicted octanol–water partition coefficient (Wildman–Crippen LogP) is 3.96. The number of benzene rings is 1. The molecule has 0 spiro atoms. The Balaban J connectivity index is 1.87. The Morgan fingerprint density at radius 1 is 1.25 bits per heavy atom. The summed E-state index contributed by atoms with van der Waals surface area (Å²) in [5, 5.41) is 2.20. The summed E-state index contributed by atoms with van der Waals surface area (Å²) in [5.41, 5.74) is 9.07. The van der Waals surface area contributed by atoms with Gasteiger partial charge in [-0.2, -0.15) is 0 Å². The first-order chi connectivity index (χ1) is 9.65. The smallest absolute Gasteiger partial charge is 0.0500 e. The van der Waals surface area contributed by atoms with Crippen LogP contribution in [0.25, 0.3) is 0 Å². The van der Waals surface area contributed by atoms with E-state index in [2.05, 4.69) is 63.5 Å². The molecule has 0 amide bonds. The van der Waals surface area contributed by atoms with Gasteiger partial charge in [-0.15, -0.1) is 11.3 Å². The lowest BCUT2D eigenvalue weighted by molar-refractivity contribution is 0.161. The van der Waals surface area contributed by atoms with E-state index in [1.165, 1.54) is 11.1 Å². The van der Waals surface area contributed by atoms with Crippen molar-refractivity contribution in [1.82, 2.24) is 4.90 Å². The third-order valence-corrected chi connectivity index (χ3v) is 5.49. The first-order valence-electron chi connectivity index (χ1n) is 6.95. The molecule has 0 bridgehead atoms. The van der Waals surface area contributed by atoms with Gasteiger partial charge in [0.25, 0.3) is 0 Å². The van der Waals surface area contributed by atoms with Gasteiger partial charge in [0.15, 0.2) is 0 Å². The molecule has 1 aliphatic rings. The largest absolute Gasteiger partial charge is 0.326 e. The molecule has 4 heteroatoms. The lowest BCUT2D eigenvalue weighted by Gasteiger charge is -2.37. The quantitative estimate of drug-likeness (QED) is 0.907. The summed E-state index contributed by atoms with van der Waals surface area (Å²) >= 11 is 5.38. The molecule has 2 unspecified atom stereocenters. The van der Waals surface area contributed by atoms with Crippen LogP contribution in [-0.4, -0.2) is 17.5 Å². The van der Waals surface area contributed by atoms with Gasteiger partial charge in [-0.05, 0) is 48.1 Å². The average Bonchev–Trinajstić information content (AvgIpc) is 2.88. The first kappa shape index (κ1) is 14.3. The van der Waals surface area contributed by atoms with Gasteiger partial charge in [0.2, 0.25) is 0 Å². The second-order valence-electron chi connectivity index (χ2n) is 5.44. The summed E-state index contributed by atoms with van der Waals surface area (Å²) in [4.78, 5) is 4.06. The van der Waals surface area contributed by atoms with E-state index in [0.29, 0.717) is 0 Å². The Hall–Kier alpha value is -0.680. The van der Waals surface area contributed by atoms with Gasteiger partial charge in [0, 0.05) is 34.5 Å². The van der Waals surface area contributed by atoms with Crippen molar-refractivity contribution in [2.24, 2.45) is 5.73 Å². The molecule has 1 aliphatic heterocycles. The van der Waals surface area contributed by atoms with Gasteiger partial charge < -0.3 is 5.73 Å². The van der Waals surface area contributed by atoms with Crippen LogP contribution < -0.4 is 5.73 Å². The maximum atomic E-state index is 6.28. The maximum Gasteiger partial charge on any atom is 0.0500 e. The van der Waals surface area contributed by atoms with Crippen molar-refractivity contribution in [2.75, 3.05) is 6.54 Å². The van der Waals surface area contributed by atoms with E-state index >= 15 is 0 Å². The molecular weight excluding hydrogens is 332 g/mol. The molecule has 20 heavy (non-hydrogen) atoms. The van der Waals surface area contributed by atoms with E-state index in [1.54, 1.807) is 4.88 Å². The zero-order chi connectivity index (χ0) is 14.1. The highest BCUT2D eigenvalue weighted by Gasteiger charge is 2.27. The van der Waals surface area contributed by atoms with Crippen molar-refractivity contribution in [1.29, 1.82) is 0 Å². The molecule has 2 heterocycles. The number of nitrogens with zero attached hydrogens (tertiary/aromatic N) is 1. The standard InChI is InChI=1S/C16H19BrN2S/c1-11(18)16(12-2-4-14(17)5-3-12)19-8-6-15-13(10-19)7-9-20-15/h2-5,7,9,11,16H,6,8,10,18H2,1H3. The molecule has 1 aromatic heterocycles. The van der Waals surface area contributed by atoms with Crippen LogP contribution in [0, 0.1) is 0 Å². The molecule has 2 aromatic rings. The number of nitrogens with two attached hydrogens (primary N) is 1. The molecule has 106 valence electrons. The number of hydrogen-bond donors (Lipinski definition) is 1. The third kappa shape index (κ3) is 2.84. The molecule has 3 rings (SSSR count). The van der Waals surface area contributed by atoms with Gasteiger partial charge in [0.1, 0.15) is 0 Å². The highest BCUT2D eigenvalue weighted by Crippen LogP contribution is 2.32. The van der Waals surface area contributed by atoms with Crippen LogP contribution >= 0.6 is 27.3 Å². The van der Waals surface area contributed by atoms with Gasteiger partial charge >= 0.3 is 0 Å². The minimum Gasteiger partial charge on any atom is -0.326 e. The summed E-state index contributed by atoms with van der Waals surface area (Å²) in [6.07, 6.45) is 1.15. The fourth-order valence-electron chi connectivity index (χ4n) is 3.01. The minimum absolute atomic E-state index is 0.122. The molecule has 2 nitrogen and oxygen atoms in total. The molecule has 2 N–H and O–H groups in total. The fourth-order valence-corrected chi connectivity index (χ4v) is 4.17. The fraction of sp³-hybridized carbons (Fsp3) is 0.375. The Kier molecular flexibility index (Phi) is 4.26. The molecule has 0 saturated heterocycles. The number of fused-ring (bicyclic) bond motifs is 1. The van der Waals surface area contributed by atoms with Crippen molar-refractivity contribution >= 4 is 27.3 Å². The summed E-state index contributed by atoms with van der Waals surface area (Å²) in [6, 6.07) is 11.2. The van der Waals surface area contributed by atoms with E-state index in [0.717, 1.165) is 24.0 Å². The van der Waals surface area contributed by atoms with Gasteiger partial charge in [-0.25, -0.2) is 0 Å². The Morgan fingerprint density at radius 2 is 2.00 bits per heavy atom. The molecule has 0 radical (unpaired) electrons. The zero-order valence-electron chi connectivity index (χ0n) is 11.6. The van der Waals surface area contributed by atoms with Crippen LogP contribution in [0.1, 0.15) is 29.0 Å². The Bertz CT molecular complexity index is 576. The van der Waals surface area contributed by atoms with Crippen LogP contribution in [0.2, 0.25) is 0 Å². The van der Waals surface area contributed by atoms with Crippen LogP contribution in [0.15, 0.2) is 40.2 Å². The highest BCUT2D eigenvalue weighted by atomic mass is 79.9. The number of halogens is 1. The molecule has 2 atom stereocenters. The van der Waals surface area contributed by atoms with Crippen LogP contribution in [0.3, 0.4) is 0 Å². The molecule has 0 fully saturated rings. The Morgan fingerprint density at radius 3 is 2.70 bits per heavy atom. The summed E-state index contributed by atoms with van der Waals surface area (Å²) < 4.78 is 1.11. The topological polar surface area (TPSA) is 29.3 Å². The van der Waals surface area contributed by atoms with E-state index in [9.17, 15) is 0 Å². The van der Waals surface area contributed by atoms with Crippen molar-refractivity contribution in [2.45, 2.75) is 32.0 Å². The summed E-state index contributed by atoms with van der Waals surface area (Å²) in [7, 11) is 0.